The lowest BCUT2D eigenvalue weighted by molar-refractivity contribution is -0.125. The molecular formula is C26H21ClN6O. The third-order valence-corrected chi connectivity index (χ3v) is 6.20. The fraction of sp³-hybridized carbons (Fsp3) is 0.154. The Morgan fingerprint density at radius 3 is 2.62 bits per heavy atom. The van der Waals surface area contributed by atoms with E-state index in [-0.39, 0.29) is 11.6 Å². The summed E-state index contributed by atoms with van der Waals surface area (Å²) in [5.41, 5.74) is 10.4. The van der Waals surface area contributed by atoms with Crippen LogP contribution in [0.4, 0.5) is 5.82 Å². The summed E-state index contributed by atoms with van der Waals surface area (Å²) < 4.78 is 1.94. The number of carbonyl (C=O) groups is 1. The van der Waals surface area contributed by atoms with Crippen LogP contribution in [-0.2, 0) is 4.79 Å². The van der Waals surface area contributed by atoms with Crippen molar-refractivity contribution in [3.63, 3.8) is 0 Å². The highest BCUT2D eigenvalue weighted by Gasteiger charge is 2.22. The number of benzene rings is 2. The molecule has 2 N–H and O–H groups in total. The van der Waals surface area contributed by atoms with Gasteiger partial charge in [0.05, 0.1) is 12.0 Å². The van der Waals surface area contributed by atoms with E-state index < -0.39 is 0 Å². The Hall–Kier alpha value is -4.15. The topological polar surface area (TPSA) is 81.4 Å². The number of hydrogen-bond donors (Lipinski definition) is 1. The molecule has 2 aromatic heterocycles. The number of hydrogen-bond acceptors (Lipinski definition) is 4. The maximum Gasteiger partial charge on any atom is 0.252 e. The number of amides is 1. The van der Waals surface area contributed by atoms with Crippen molar-refractivity contribution in [1.82, 2.24) is 19.4 Å². The average molecular weight is 469 g/mol. The van der Waals surface area contributed by atoms with E-state index >= 15 is 0 Å². The maximum atomic E-state index is 12.7. The molecule has 5 rings (SSSR count). The zero-order chi connectivity index (χ0) is 23.7. The zero-order valence-corrected chi connectivity index (χ0v) is 19.0. The largest absolute Gasteiger partial charge is 0.383 e. The first-order valence-corrected chi connectivity index (χ1v) is 11.3. The van der Waals surface area contributed by atoms with Crippen molar-refractivity contribution in [2.24, 2.45) is 0 Å². The van der Waals surface area contributed by atoms with Gasteiger partial charge < -0.3 is 15.2 Å². The first-order chi connectivity index (χ1) is 16.5. The van der Waals surface area contributed by atoms with E-state index in [1.807, 2.05) is 59.3 Å². The van der Waals surface area contributed by atoms with Gasteiger partial charge in [0, 0.05) is 35.6 Å². The minimum Gasteiger partial charge on any atom is -0.383 e. The van der Waals surface area contributed by atoms with Crippen molar-refractivity contribution in [1.29, 1.82) is 0 Å². The van der Waals surface area contributed by atoms with Gasteiger partial charge in [-0.05, 0) is 54.3 Å². The number of fused-ring (bicyclic) bond motifs is 1. The molecule has 0 aliphatic carbocycles. The number of likely N-dealkylation sites (tertiary alicyclic amines) is 1. The molecule has 0 radical (unpaired) electrons. The minimum atomic E-state index is -0.213. The van der Waals surface area contributed by atoms with Gasteiger partial charge in [0.25, 0.3) is 11.6 Å². The molecule has 1 aliphatic rings. The predicted molar refractivity (Wildman–Crippen MR) is 134 cm³/mol. The Kier molecular flexibility index (Phi) is 5.74. The lowest BCUT2D eigenvalue weighted by atomic mass is 10.1. The smallest absolute Gasteiger partial charge is 0.252 e. The summed E-state index contributed by atoms with van der Waals surface area (Å²) in [5, 5.41) is 1.40. The summed E-state index contributed by atoms with van der Waals surface area (Å²) in [5.74, 6) is 0.172. The highest BCUT2D eigenvalue weighted by atomic mass is 35.5. The van der Waals surface area contributed by atoms with Crippen molar-refractivity contribution in [2.75, 3.05) is 18.8 Å². The molecule has 0 saturated carbocycles. The fourth-order valence-electron chi connectivity index (χ4n) is 4.28. The van der Waals surface area contributed by atoms with Gasteiger partial charge in [0.1, 0.15) is 12.1 Å². The first-order valence-electron chi connectivity index (χ1n) is 10.9. The Morgan fingerprint density at radius 1 is 1.12 bits per heavy atom. The molecule has 4 aromatic rings. The normalized spacial score (nSPS) is 13.9. The molecule has 0 bridgehead atoms. The molecule has 2 aromatic carbocycles. The SMILES string of the molecule is [C-]#[N+]/C(=C\c1cccc(-n2cc(-c3ccc(Cl)cc3)c3c(N)ncnc32)c1)C(=O)N1CCCC1. The van der Waals surface area contributed by atoms with Gasteiger partial charge in [0.2, 0.25) is 0 Å². The molecule has 1 aliphatic heterocycles. The van der Waals surface area contributed by atoms with E-state index in [0.717, 1.165) is 40.6 Å². The Morgan fingerprint density at radius 2 is 1.88 bits per heavy atom. The third-order valence-electron chi connectivity index (χ3n) is 5.95. The second kappa shape index (κ2) is 9.00. The Labute approximate surface area is 201 Å². The summed E-state index contributed by atoms with van der Waals surface area (Å²) in [6, 6.07) is 15.1. The number of rotatable bonds is 4. The third kappa shape index (κ3) is 4.00. The van der Waals surface area contributed by atoms with Crippen LogP contribution in [0.2, 0.25) is 5.02 Å². The second-order valence-corrected chi connectivity index (χ2v) is 8.55. The van der Waals surface area contributed by atoms with Gasteiger partial charge in [-0.25, -0.2) is 14.8 Å². The maximum absolute atomic E-state index is 12.7. The van der Waals surface area contributed by atoms with Crippen LogP contribution in [0.3, 0.4) is 0 Å². The Bertz CT molecular complexity index is 1460. The van der Waals surface area contributed by atoms with E-state index in [9.17, 15) is 4.79 Å². The van der Waals surface area contributed by atoms with Crippen molar-refractivity contribution < 1.29 is 4.79 Å². The van der Waals surface area contributed by atoms with E-state index in [4.69, 9.17) is 23.9 Å². The number of carbonyl (C=O) groups excluding carboxylic acids is 1. The van der Waals surface area contributed by atoms with Gasteiger partial charge in [-0.15, -0.1) is 0 Å². The predicted octanol–water partition coefficient (Wildman–Crippen LogP) is 5.21. The van der Waals surface area contributed by atoms with E-state index in [1.54, 1.807) is 11.0 Å². The molecule has 0 unspecified atom stereocenters. The van der Waals surface area contributed by atoms with Gasteiger partial charge >= 0.3 is 0 Å². The molecule has 7 nitrogen and oxygen atoms in total. The standard InChI is InChI=1S/C26H21ClN6O/c1-29-22(26(34)32-11-2-3-12-32)14-17-5-4-6-20(13-17)33-15-21(18-7-9-19(27)10-8-18)23-24(28)30-16-31-25(23)33/h4-10,13-16H,2-3,11-12H2,(H2,28,30,31)/b22-14-. The molecule has 3 heterocycles. The van der Waals surface area contributed by atoms with Crippen LogP contribution in [0.25, 0.3) is 38.8 Å². The lowest BCUT2D eigenvalue weighted by Gasteiger charge is -2.14. The quantitative estimate of drug-likeness (QED) is 0.329. The number of nitrogens with zero attached hydrogens (tertiary/aromatic N) is 5. The van der Waals surface area contributed by atoms with Crippen LogP contribution in [0.1, 0.15) is 18.4 Å². The molecule has 1 saturated heterocycles. The van der Waals surface area contributed by atoms with Crippen LogP contribution < -0.4 is 5.73 Å². The van der Waals surface area contributed by atoms with Crippen molar-refractivity contribution in [2.45, 2.75) is 12.8 Å². The van der Waals surface area contributed by atoms with Gasteiger partial charge in [-0.1, -0.05) is 35.9 Å². The molecule has 34 heavy (non-hydrogen) atoms. The molecular weight excluding hydrogens is 448 g/mol. The summed E-state index contributed by atoms with van der Waals surface area (Å²) in [7, 11) is 0. The summed E-state index contributed by atoms with van der Waals surface area (Å²) in [6.45, 7) is 8.94. The van der Waals surface area contributed by atoms with Crippen LogP contribution in [0.5, 0.6) is 0 Å². The summed E-state index contributed by atoms with van der Waals surface area (Å²) in [4.78, 5) is 26.7. The monoisotopic (exact) mass is 468 g/mol. The molecule has 0 atom stereocenters. The number of aromatic nitrogens is 3. The van der Waals surface area contributed by atoms with E-state index in [2.05, 4.69) is 14.8 Å². The van der Waals surface area contributed by atoms with Crippen LogP contribution >= 0.6 is 11.6 Å². The minimum absolute atomic E-state index is 0.116. The summed E-state index contributed by atoms with van der Waals surface area (Å²) in [6.07, 6.45) is 7.01. The van der Waals surface area contributed by atoms with Crippen LogP contribution in [0, 0.1) is 6.57 Å². The number of nitrogens with two attached hydrogens (primary N) is 1. The summed E-state index contributed by atoms with van der Waals surface area (Å²) >= 11 is 6.08. The Balaban J connectivity index is 1.59. The van der Waals surface area contributed by atoms with Crippen molar-refractivity contribution in [3.8, 4) is 16.8 Å². The first kappa shape index (κ1) is 21.7. The van der Waals surface area contributed by atoms with Crippen LogP contribution in [0.15, 0.2) is 66.8 Å². The average Bonchev–Trinajstić information content (AvgIpc) is 3.52. The highest BCUT2D eigenvalue weighted by Crippen LogP contribution is 2.35. The molecule has 1 amide bonds. The molecule has 1 fully saturated rings. The van der Waals surface area contributed by atoms with Gasteiger partial charge in [-0.2, -0.15) is 0 Å². The number of anilines is 1. The van der Waals surface area contributed by atoms with Gasteiger partial charge in [-0.3, -0.25) is 4.79 Å². The highest BCUT2D eigenvalue weighted by molar-refractivity contribution is 6.30. The number of nitrogen functional groups attached to an aromatic ring is 1. The van der Waals surface area contributed by atoms with E-state index in [0.29, 0.717) is 29.6 Å². The second-order valence-electron chi connectivity index (χ2n) is 8.11. The molecule has 168 valence electrons. The zero-order valence-electron chi connectivity index (χ0n) is 18.3. The molecule has 0 spiro atoms. The number of halogens is 1. The van der Waals surface area contributed by atoms with Crippen molar-refractivity contribution >= 4 is 40.4 Å². The lowest BCUT2D eigenvalue weighted by Crippen LogP contribution is -2.28. The molecule has 8 heteroatoms. The van der Waals surface area contributed by atoms with Gasteiger partial charge in [0.15, 0.2) is 5.65 Å². The fourth-order valence-corrected chi connectivity index (χ4v) is 4.40. The van der Waals surface area contributed by atoms with E-state index in [1.165, 1.54) is 6.33 Å². The van der Waals surface area contributed by atoms with Crippen LogP contribution in [-0.4, -0.2) is 38.4 Å². The van der Waals surface area contributed by atoms with Crippen molar-refractivity contribution in [3.05, 3.63) is 88.8 Å².